The van der Waals surface area contributed by atoms with Crippen LogP contribution in [0, 0.1) is 29.4 Å². The lowest BCUT2D eigenvalue weighted by Crippen LogP contribution is -2.51. The summed E-state index contributed by atoms with van der Waals surface area (Å²) in [7, 11) is 0. The Balaban J connectivity index is 1.58. The van der Waals surface area contributed by atoms with E-state index in [1.165, 1.54) is 6.20 Å². The van der Waals surface area contributed by atoms with E-state index < -0.39 is 46.5 Å². The number of halogens is 5. The van der Waals surface area contributed by atoms with Gasteiger partial charge in [0.1, 0.15) is 16.5 Å². The lowest BCUT2D eigenvalue weighted by molar-refractivity contribution is -0.148. The number of hydrogen-bond donors (Lipinski definition) is 3. The summed E-state index contributed by atoms with van der Waals surface area (Å²) in [4.78, 5) is 26.9. The summed E-state index contributed by atoms with van der Waals surface area (Å²) in [6.45, 7) is 0. The summed E-state index contributed by atoms with van der Waals surface area (Å²) in [6, 6.07) is 0.539. The zero-order valence-corrected chi connectivity index (χ0v) is 18.9. The van der Waals surface area contributed by atoms with E-state index >= 15 is 4.39 Å². The molecule has 13 heteroatoms. The van der Waals surface area contributed by atoms with Crippen LogP contribution in [0.5, 0.6) is 0 Å². The van der Waals surface area contributed by atoms with Crippen molar-refractivity contribution in [1.29, 1.82) is 0 Å². The third kappa shape index (κ3) is 4.65. The third-order valence-electron chi connectivity index (χ3n) is 6.74. The minimum atomic E-state index is -4.57. The second-order valence-electron chi connectivity index (χ2n) is 8.88. The van der Waals surface area contributed by atoms with Crippen molar-refractivity contribution in [2.45, 2.75) is 42.9 Å². The normalized spacial score (nSPS) is 24.1. The van der Waals surface area contributed by atoms with Crippen LogP contribution >= 0.6 is 11.8 Å². The molecular formula is C22H20F5N5O2S. The lowest BCUT2D eigenvalue weighted by atomic mass is 9.61. The van der Waals surface area contributed by atoms with Crippen molar-refractivity contribution in [2.75, 3.05) is 11.1 Å². The van der Waals surface area contributed by atoms with Gasteiger partial charge >= 0.3 is 12.1 Å². The summed E-state index contributed by atoms with van der Waals surface area (Å²) >= 11 is 0.165. The number of alkyl halides is 3. The number of fused-ring (bicyclic) bond motifs is 4. The fourth-order valence-electron chi connectivity index (χ4n) is 5.22. The number of aromatic amines is 1. The second-order valence-corrected chi connectivity index (χ2v) is 9.84. The molecule has 2 bridgehead atoms. The van der Waals surface area contributed by atoms with Gasteiger partial charge in [-0.2, -0.15) is 17.6 Å². The van der Waals surface area contributed by atoms with Crippen LogP contribution in [-0.2, 0) is 4.79 Å². The van der Waals surface area contributed by atoms with Crippen LogP contribution < -0.4 is 5.32 Å². The molecule has 0 amide bonds. The Kier molecular flexibility index (Phi) is 6.06. The standard InChI is InChI=1S/C22H20F5N5O2S/c23-11-5-12-13(7-29-17(12)28-6-11)18-31-19(15(24)20(32-18)35-8-22(25,26)27)30-16-10-3-1-9(2-4-10)14(16)21(33)34/h5-7,9-10,14,16H,1-4,8H2,(H,28,29)(H,33,34)(H,30,31,32). The Morgan fingerprint density at radius 2 is 1.89 bits per heavy atom. The van der Waals surface area contributed by atoms with Crippen LogP contribution in [-0.4, -0.2) is 49.0 Å². The molecule has 3 heterocycles. The summed E-state index contributed by atoms with van der Waals surface area (Å²) in [6.07, 6.45) is 0.907. The predicted octanol–water partition coefficient (Wildman–Crippen LogP) is 5.25. The van der Waals surface area contributed by atoms with Gasteiger partial charge in [-0.3, -0.25) is 4.79 Å². The Labute approximate surface area is 199 Å². The summed E-state index contributed by atoms with van der Waals surface area (Å²) in [5, 5.41) is 12.5. The Bertz CT molecular complexity index is 1280. The first-order chi connectivity index (χ1) is 16.6. The Morgan fingerprint density at radius 3 is 2.57 bits per heavy atom. The topological polar surface area (TPSA) is 104 Å². The highest BCUT2D eigenvalue weighted by Gasteiger charge is 2.47. The van der Waals surface area contributed by atoms with Crippen LogP contribution in [0.15, 0.2) is 23.5 Å². The zero-order valence-electron chi connectivity index (χ0n) is 18.1. The summed E-state index contributed by atoms with van der Waals surface area (Å²) in [5.41, 5.74) is 0.521. The van der Waals surface area contributed by atoms with E-state index in [1.807, 2.05) is 0 Å². The van der Waals surface area contributed by atoms with E-state index in [0.29, 0.717) is 5.65 Å². The largest absolute Gasteiger partial charge is 0.481 e. The van der Waals surface area contributed by atoms with Gasteiger partial charge in [0.05, 0.1) is 17.9 Å². The number of aliphatic carboxylic acids is 1. The molecule has 0 spiro atoms. The molecule has 186 valence electrons. The van der Waals surface area contributed by atoms with E-state index in [9.17, 15) is 27.5 Å². The Hall–Kier alpha value is -2.96. The number of carboxylic acid groups (broad SMARTS) is 1. The van der Waals surface area contributed by atoms with Gasteiger partial charge in [-0.05, 0) is 43.6 Å². The maximum Gasteiger partial charge on any atom is 0.398 e. The van der Waals surface area contributed by atoms with Crippen LogP contribution in [0.3, 0.4) is 0 Å². The van der Waals surface area contributed by atoms with Crippen molar-refractivity contribution >= 4 is 34.6 Å². The van der Waals surface area contributed by atoms with Crippen LogP contribution in [0.2, 0.25) is 0 Å². The average Bonchev–Trinajstić information content (AvgIpc) is 3.22. The molecule has 2 unspecified atom stereocenters. The van der Waals surface area contributed by atoms with Gasteiger partial charge in [0, 0.05) is 23.2 Å². The number of pyridine rings is 1. The van der Waals surface area contributed by atoms with Crippen LogP contribution in [0.25, 0.3) is 22.4 Å². The third-order valence-corrected chi connectivity index (χ3v) is 7.76. The summed E-state index contributed by atoms with van der Waals surface area (Å²) in [5.74, 6) is -5.49. The van der Waals surface area contributed by atoms with E-state index in [1.54, 1.807) is 0 Å². The number of rotatable bonds is 6. The number of carboxylic acids is 1. The molecule has 3 aromatic heterocycles. The Morgan fingerprint density at radius 1 is 1.17 bits per heavy atom. The van der Waals surface area contributed by atoms with Crippen molar-refractivity contribution in [3.63, 3.8) is 0 Å². The van der Waals surface area contributed by atoms with E-state index in [0.717, 1.165) is 37.9 Å². The van der Waals surface area contributed by atoms with Crippen LogP contribution in [0.1, 0.15) is 25.7 Å². The van der Waals surface area contributed by atoms with Gasteiger partial charge in [0.15, 0.2) is 17.5 Å². The van der Waals surface area contributed by atoms with Crippen molar-refractivity contribution < 1.29 is 31.9 Å². The molecule has 0 aromatic carbocycles. The molecular weight excluding hydrogens is 493 g/mol. The number of thioether (sulfide) groups is 1. The van der Waals surface area contributed by atoms with Crippen LogP contribution in [0.4, 0.5) is 27.8 Å². The molecule has 7 nitrogen and oxygen atoms in total. The van der Waals surface area contributed by atoms with Gasteiger partial charge in [0.2, 0.25) is 0 Å². The number of aromatic nitrogens is 4. The highest BCUT2D eigenvalue weighted by molar-refractivity contribution is 7.99. The van der Waals surface area contributed by atoms with E-state index in [-0.39, 0.29) is 46.2 Å². The van der Waals surface area contributed by atoms with Gasteiger partial charge < -0.3 is 15.4 Å². The molecule has 3 aromatic rings. The first-order valence-electron chi connectivity index (χ1n) is 11.0. The number of anilines is 1. The fraction of sp³-hybridized carbons (Fsp3) is 0.455. The highest BCUT2D eigenvalue weighted by atomic mass is 32.2. The van der Waals surface area contributed by atoms with Crippen molar-refractivity contribution in [3.8, 4) is 11.4 Å². The lowest BCUT2D eigenvalue weighted by Gasteiger charge is -2.47. The molecule has 35 heavy (non-hydrogen) atoms. The SMILES string of the molecule is O=C(O)C1C2CCC(CC2)C1Nc1nc(-c2c[nH]c3ncc(F)cc23)nc(SCC(F)(F)F)c1F. The number of nitrogens with one attached hydrogen (secondary N) is 2. The molecule has 0 radical (unpaired) electrons. The molecule has 6 rings (SSSR count). The molecule has 0 saturated heterocycles. The smallest absolute Gasteiger partial charge is 0.398 e. The fourth-order valence-corrected chi connectivity index (χ4v) is 5.90. The number of H-pyrrole nitrogens is 1. The molecule has 3 fully saturated rings. The maximum atomic E-state index is 15.4. The second kappa shape index (κ2) is 8.92. The van der Waals surface area contributed by atoms with Crippen molar-refractivity contribution in [2.24, 2.45) is 17.8 Å². The monoisotopic (exact) mass is 513 g/mol. The minimum Gasteiger partial charge on any atom is -0.481 e. The predicted molar refractivity (Wildman–Crippen MR) is 118 cm³/mol. The molecule has 3 N–H and O–H groups in total. The number of nitrogens with zero attached hydrogens (tertiary/aromatic N) is 3. The van der Waals surface area contributed by atoms with Crippen molar-refractivity contribution in [1.82, 2.24) is 19.9 Å². The first kappa shape index (κ1) is 23.8. The summed E-state index contributed by atoms with van der Waals surface area (Å²) < 4.78 is 67.9. The maximum absolute atomic E-state index is 15.4. The van der Waals surface area contributed by atoms with E-state index in [4.69, 9.17) is 0 Å². The molecule has 3 aliphatic rings. The molecule has 2 atom stereocenters. The zero-order chi connectivity index (χ0) is 24.9. The van der Waals surface area contributed by atoms with Crippen molar-refractivity contribution in [3.05, 3.63) is 30.1 Å². The molecule has 3 saturated carbocycles. The minimum absolute atomic E-state index is 0.0309. The van der Waals surface area contributed by atoms with E-state index in [2.05, 4.69) is 25.3 Å². The van der Waals surface area contributed by atoms with Gasteiger partial charge in [-0.15, -0.1) is 0 Å². The van der Waals surface area contributed by atoms with Gasteiger partial charge in [0.25, 0.3) is 0 Å². The number of hydrogen-bond acceptors (Lipinski definition) is 6. The van der Waals surface area contributed by atoms with Gasteiger partial charge in [-0.25, -0.2) is 19.3 Å². The first-order valence-corrected chi connectivity index (χ1v) is 12.0. The average molecular weight is 513 g/mol. The molecule has 0 aliphatic heterocycles. The highest BCUT2D eigenvalue weighted by Crippen LogP contribution is 2.47. The quantitative estimate of drug-likeness (QED) is 0.235. The number of carbonyl (C=O) groups is 1. The van der Waals surface area contributed by atoms with Gasteiger partial charge in [-0.1, -0.05) is 11.8 Å². The molecule has 3 aliphatic carbocycles.